The van der Waals surface area contributed by atoms with Gasteiger partial charge in [0, 0.05) is 30.8 Å². The lowest BCUT2D eigenvalue weighted by Gasteiger charge is -2.26. The summed E-state index contributed by atoms with van der Waals surface area (Å²) in [6.45, 7) is 11.6. The topological polar surface area (TPSA) is 41.6 Å². The zero-order valence-corrected chi connectivity index (χ0v) is 18.7. The molecule has 1 heterocycles. The number of nitrogens with zero attached hydrogens (tertiary/aromatic N) is 1. The second-order valence-corrected chi connectivity index (χ2v) is 9.36. The number of halogens is 1. The van der Waals surface area contributed by atoms with E-state index in [2.05, 4.69) is 22.3 Å². The Hall–Kier alpha value is -2.40. The average Bonchev–Trinajstić information content (AvgIpc) is 2.93. The number of anilines is 2. The summed E-state index contributed by atoms with van der Waals surface area (Å²) in [6.07, 6.45) is 1.21. The molecule has 1 aliphatic heterocycles. The van der Waals surface area contributed by atoms with E-state index in [4.69, 9.17) is 4.74 Å². The number of nitrogens with one attached hydrogen (secondary N) is 1. The van der Waals surface area contributed by atoms with Crippen LogP contribution in [0.1, 0.15) is 56.4 Å². The first-order valence-electron chi connectivity index (χ1n) is 10.7. The average molecular weight is 413 g/mol. The molecule has 1 fully saturated rings. The van der Waals surface area contributed by atoms with Gasteiger partial charge in [0.25, 0.3) is 0 Å². The summed E-state index contributed by atoms with van der Waals surface area (Å²) in [5.41, 5.74) is 3.55. The largest absolute Gasteiger partial charge is 0.372 e. The Morgan fingerprint density at radius 3 is 2.57 bits per heavy atom. The van der Waals surface area contributed by atoms with E-state index >= 15 is 4.39 Å². The third kappa shape index (κ3) is 5.39. The molecule has 1 aliphatic rings. The molecule has 1 saturated heterocycles. The van der Waals surface area contributed by atoms with Gasteiger partial charge < -0.3 is 15.0 Å². The van der Waals surface area contributed by atoms with Crippen LogP contribution in [0.25, 0.3) is 0 Å². The lowest BCUT2D eigenvalue weighted by Crippen LogP contribution is -2.27. The van der Waals surface area contributed by atoms with Crippen LogP contribution in [0.5, 0.6) is 0 Å². The van der Waals surface area contributed by atoms with Crippen molar-refractivity contribution in [2.24, 2.45) is 5.41 Å². The predicted octanol–water partition coefficient (Wildman–Crippen LogP) is 5.79. The standard InChI is InChI=1S/C25H33FN2O2/c1-17-15-20(23(26)18(2)24(17)27-22(29)16-25(3,4)5)28-12-11-21(30-14-13-28)19-9-7-6-8-10-19/h6-10,15,21H,11-14,16H2,1-5H3,(H,27,29). The third-order valence-corrected chi connectivity index (χ3v) is 5.49. The van der Waals surface area contributed by atoms with Crippen molar-refractivity contribution >= 4 is 17.3 Å². The SMILES string of the molecule is Cc1cc(N2CCOC(c3ccccc3)CC2)c(F)c(C)c1NC(=O)CC(C)(C)C. The highest BCUT2D eigenvalue weighted by Gasteiger charge is 2.24. The number of ether oxygens (including phenoxy) is 1. The Kier molecular flexibility index (Phi) is 6.81. The van der Waals surface area contributed by atoms with Gasteiger partial charge >= 0.3 is 0 Å². The molecular weight excluding hydrogens is 379 g/mol. The molecule has 30 heavy (non-hydrogen) atoms. The van der Waals surface area contributed by atoms with Gasteiger partial charge in [-0.1, -0.05) is 51.1 Å². The van der Waals surface area contributed by atoms with Crippen LogP contribution in [-0.4, -0.2) is 25.6 Å². The molecule has 2 aromatic carbocycles. The molecule has 0 aliphatic carbocycles. The van der Waals surface area contributed by atoms with Crippen LogP contribution in [0.15, 0.2) is 36.4 Å². The maximum atomic E-state index is 15.3. The van der Waals surface area contributed by atoms with E-state index in [1.54, 1.807) is 6.92 Å². The second-order valence-electron chi connectivity index (χ2n) is 9.36. The minimum absolute atomic E-state index is 0.0254. The maximum absolute atomic E-state index is 15.3. The third-order valence-electron chi connectivity index (χ3n) is 5.49. The number of rotatable bonds is 4. The quantitative estimate of drug-likeness (QED) is 0.691. The number of hydrogen-bond acceptors (Lipinski definition) is 3. The van der Waals surface area contributed by atoms with Gasteiger partial charge in [-0.15, -0.1) is 0 Å². The van der Waals surface area contributed by atoms with Crippen molar-refractivity contribution in [1.29, 1.82) is 0 Å². The van der Waals surface area contributed by atoms with Gasteiger partial charge in [0.15, 0.2) is 5.82 Å². The Morgan fingerprint density at radius 1 is 1.20 bits per heavy atom. The Labute approximate surface area is 179 Å². The minimum atomic E-state index is -0.273. The number of carbonyl (C=O) groups excluding carboxylic acids is 1. The van der Waals surface area contributed by atoms with Crippen LogP contribution < -0.4 is 10.2 Å². The van der Waals surface area contributed by atoms with Crippen molar-refractivity contribution in [2.75, 3.05) is 29.9 Å². The van der Waals surface area contributed by atoms with Gasteiger partial charge in [-0.25, -0.2) is 4.39 Å². The highest BCUT2D eigenvalue weighted by atomic mass is 19.1. The van der Waals surface area contributed by atoms with E-state index in [0.29, 0.717) is 43.1 Å². The molecular formula is C25H33FN2O2. The summed E-state index contributed by atoms with van der Waals surface area (Å²) < 4.78 is 21.4. The molecule has 0 radical (unpaired) electrons. The maximum Gasteiger partial charge on any atom is 0.224 e. The highest BCUT2D eigenvalue weighted by molar-refractivity contribution is 5.93. The van der Waals surface area contributed by atoms with Gasteiger partial charge in [-0.2, -0.15) is 0 Å². The van der Waals surface area contributed by atoms with Gasteiger partial charge in [0.05, 0.1) is 18.4 Å². The number of hydrogen-bond donors (Lipinski definition) is 1. The van der Waals surface area contributed by atoms with Gasteiger partial charge in [-0.3, -0.25) is 4.79 Å². The number of aryl methyl sites for hydroxylation is 1. The van der Waals surface area contributed by atoms with Crippen LogP contribution in [0.3, 0.4) is 0 Å². The summed E-state index contributed by atoms with van der Waals surface area (Å²) in [6, 6.07) is 12.0. The first kappa shape index (κ1) is 22.3. The molecule has 4 nitrogen and oxygen atoms in total. The summed E-state index contributed by atoms with van der Waals surface area (Å²) in [7, 11) is 0. The lowest BCUT2D eigenvalue weighted by atomic mass is 9.92. The van der Waals surface area contributed by atoms with Crippen LogP contribution in [0, 0.1) is 25.1 Å². The Balaban J connectivity index is 1.77. The van der Waals surface area contributed by atoms with Crippen LogP contribution >= 0.6 is 0 Å². The molecule has 1 amide bonds. The zero-order chi connectivity index (χ0) is 21.9. The first-order valence-corrected chi connectivity index (χ1v) is 10.7. The highest BCUT2D eigenvalue weighted by Crippen LogP contribution is 2.34. The molecule has 1 N–H and O–H groups in total. The van der Waals surface area contributed by atoms with E-state index in [-0.39, 0.29) is 23.2 Å². The zero-order valence-electron chi connectivity index (χ0n) is 18.7. The van der Waals surface area contributed by atoms with Crippen molar-refractivity contribution in [3.05, 3.63) is 58.9 Å². The normalized spacial score (nSPS) is 17.5. The molecule has 5 heteroatoms. The van der Waals surface area contributed by atoms with Crippen LogP contribution in [0.2, 0.25) is 0 Å². The molecule has 1 atom stereocenters. The molecule has 1 unspecified atom stereocenters. The molecule has 0 spiro atoms. The van der Waals surface area contributed by atoms with Crippen molar-refractivity contribution in [1.82, 2.24) is 0 Å². The van der Waals surface area contributed by atoms with E-state index in [9.17, 15) is 4.79 Å². The van der Waals surface area contributed by atoms with Crippen molar-refractivity contribution < 1.29 is 13.9 Å². The second kappa shape index (κ2) is 9.17. The van der Waals surface area contributed by atoms with Crippen molar-refractivity contribution in [3.63, 3.8) is 0 Å². The first-order chi connectivity index (χ1) is 14.2. The van der Waals surface area contributed by atoms with E-state index in [1.807, 2.05) is 52.0 Å². The number of amides is 1. The molecule has 0 aromatic heterocycles. The number of carbonyl (C=O) groups is 1. The van der Waals surface area contributed by atoms with Gasteiger partial charge in [0.2, 0.25) is 5.91 Å². The fourth-order valence-electron chi connectivity index (χ4n) is 3.97. The van der Waals surface area contributed by atoms with E-state index in [0.717, 1.165) is 17.5 Å². The molecule has 2 aromatic rings. The monoisotopic (exact) mass is 412 g/mol. The fraction of sp³-hybridized carbons (Fsp3) is 0.480. The van der Waals surface area contributed by atoms with Gasteiger partial charge in [-0.05, 0) is 42.9 Å². The van der Waals surface area contributed by atoms with E-state index in [1.165, 1.54) is 0 Å². The minimum Gasteiger partial charge on any atom is -0.372 e. The fourth-order valence-corrected chi connectivity index (χ4v) is 3.97. The van der Waals surface area contributed by atoms with Crippen LogP contribution in [-0.2, 0) is 9.53 Å². The Bertz CT molecular complexity index is 890. The van der Waals surface area contributed by atoms with Gasteiger partial charge in [0.1, 0.15) is 0 Å². The Morgan fingerprint density at radius 2 is 1.90 bits per heavy atom. The summed E-state index contributed by atoms with van der Waals surface area (Å²) in [4.78, 5) is 14.4. The number of benzene rings is 2. The lowest BCUT2D eigenvalue weighted by molar-refractivity contribution is -0.117. The van der Waals surface area contributed by atoms with Crippen LogP contribution in [0.4, 0.5) is 15.8 Å². The molecule has 0 saturated carbocycles. The summed E-state index contributed by atoms with van der Waals surface area (Å²) in [5.74, 6) is -0.362. The summed E-state index contributed by atoms with van der Waals surface area (Å²) >= 11 is 0. The smallest absolute Gasteiger partial charge is 0.224 e. The molecule has 0 bridgehead atoms. The molecule has 3 rings (SSSR count). The van der Waals surface area contributed by atoms with Crippen molar-refractivity contribution in [3.8, 4) is 0 Å². The van der Waals surface area contributed by atoms with E-state index < -0.39 is 0 Å². The molecule has 162 valence electrons. The van der Waals surface area contributed by atoms with Crippen molar-refractivity contribution in [2.45, 2.75) is 53.6 Å². The summed E-state index contributed by atoms with van der Waals surface area (Å²) in [5, 5.41) is 2.92. The predicted molar refractivity (Wildman–Crippen MR) is 121 cm³/mol.